The summed E-state index contributed by atoms with van der Waals surface area (Å²) in [7, 11) is 0. The molecule has 1 amide bonds. The third-order valence-electron chi connectivity index (χ3n) is 3.38. The summed E-state index contributed by atoms with van der Waals surface area (Å²) in [5.41, 5.74) is 1.83. The first kappa shape index (κ1) is 16.2. The summed E-state index contributed by atoms with van der Waals surface area (Å²) in [6.45, 7) is 9.17. The molecule has 0 N–H and O–H groups in total. The van der Waals surface area contributed by atoms with Gasteiger partial charge in [-0.1, -0.05) is 41.8 Å². The molecule has 0 aromatic heterocycles. The van der Waals surface area contributed by atoms with E-state index < -0.39 is 0 Å². The predicted octanol–water partition coefficient (Wildman–Crippen LogP) is 4.80. The number of unbranched alkanes of at least 4 members (excludes halogenated alkanes) is 2. The zero-order chi connectivity index (χ0) is 14.4. The summed E-state index contributed by atoms with van der Waals surface area (Å²) in [4.78, 5) is 14.6. The zero-order valence-corrected chi connectivity index (χ0v) is 14.0. The van der Waals surface area contributed by atoms with E-state index in [4.69, 9.17) is 0 Å². The number of benzene rings is 1. The van der Waals surface area contributed by atoms with Crippen LogP contribution < -0.4 is 0 Å². The molecule has 0 atom stereocenters. The second-order valence-electron chi connectivity index (χ2n) is 5.21. The Morgan fingerprint density at radius 3 is 2.58 bits per heavy atom. The van der Waals surface area contributed by atoms with Crippen molar-refractivity contribution in [2.75, 3.05) is 6.54 Å². The summed E-state index contributed by atoms with van der Waals surface area (Å²) < 4.78 is 0.996. The van der Waals surface area contributed by atoms with Gasteiger partial charge >= 0.3 is 0 Å². The fourth-order valence-electron chi connectivity index (χ4n) is 2.12. The lowest BCUT2D eigenvalue weighted by Crippen LogP contribution is -2.38. The van der Waals surface area contributed by atoms with Crippen LogP contribution >= 0.6 is 15.9 Å². The van der Waals surface area contributed by atoms with E-state index in [0.29, 0.717) is 0 Å². The van der Waals surface area contributed by atoms with Crippen molar-refractivity contribution in [3.63, 3.8) is 0 Å². The maximum absolute atomic E-state index is 12.7. The highest BCUT2D eigenvalue weighted by atomic mass is 79.9. The molecule has 0 aliphatic carbocycles. The normalized spacial score (nSPS) is 10.8. The van der Waals surface area contributed by atoms with E-state index >= 15 is 0 Å². The van der Waals surface area contributed by atoms with Crippen molar-refractivity contribution >= 4 is 21.8 Å². The third kappa shape index (κ3) is 4.34. The van der Waals surface area contributed by atoms with E-state index in [1.165, 1.54) is 12.8 Å². The fraction of sp³-hybridized carbons (Fsp3) is 0.562. The molecule has 0 aliphatic heterocycles. The SMILES string of the molecule is CCCCCN(C(=O)c1cccc(Br)c1C)C(C)C. The quantitative estimate of drug-likeness (QED) is 0.688. The highest BCUT2D eigenvalue weighted by Gasteiger charge is 2.20. The van der Waals surface area contributed by atoms with Crippen LogP contribution in [0.1, 0.15) is 56.0 Å². The Kier molecular flexibility index (Phi) is 6.56. The molecule has 3 heteroatoms. The lowest BCUT2D eigenvalue weighted by atomic mass is 10.1. The smallest absolute Gasteiger partial charge is 0.254 e. The van der Waals surface area contributed by atoms with Crippen LogP contribution in [0.5, 0.6) is 0 Å². The van der Waals surface area contributed by atoms with Gasteiger partial charge in [0.05, 0.1) is 0 Å². The van der Waals surface area contributed by atoms with Crippen LogP contribution in [0, 0.1) is 6.92 Å². The molecule has 0 saturated heterocycles. The average Bonchev–Trinajstić information content (AvgIpc) is 2.37. The van der Waals surface area contributed by atoms with Crippen LogP contribution in [0.2, 0.25) is 0 Å². The van der Waals surface area contributed by atoms with Crippen LogP contribution in [-0.2, 0) is 0 Å². The minimum atomic E-state index is 0.143. The first-order chi connectivity index (χ1) is 8.99. The van der Waals surface area contributed by atoms with Crippen molar-refractivity contribution in [1.82, 2.24) is 4.90 Å². The van der Waals surface area contributed by atoms with Gasteiger partial charge in [-0.05, 0) is 44.9 Å². The molecule has 0 unspecified atom stereocenters. The van der Waals surface area contributed by atoms with Crippen LogP contribution in [0.25, 0.3) is 0 Å². The molecule has 19 heavy (non-hydrogen) atoms. The second-order valence-corrected chi connectivity index (χ2v) is 6.07. The summed E-state index contributed by atoms with van der Waals surface area (Å²) in [6.07, 6.45) is 3.43. The Morgan fingerprint density at radius 2 is 2.00 bits per heavy atom. The highest BCUT2D eigenvalue weighted by Crippen LogP contribution is 2.21. The van der Waals surface area contributed by atoms with Gasteiger partial charge in [-0.15, -0.1) is 0 Å². The monoisotopic (exact) mass is 325 g/mol. The number of amides is 1. The predicted molar refractivity (Wildman–Crippen MR) is 84.6 cm³/mol. The molecule has 0 fully saturated rings. The minimum Gasteiger partial charge on any atom is -0.336 e. The highest BCUT2D eigenvalue weighted by molar-refractivity contribution is 9.10. The largest absolute Gasteiger partial charge is 0.336 e. The number of nitrogens with zero attached hydrogens (tertiary/aromatic N) is 1. The van der Waals surface area contributed by atoms with Crippen molar-refractivity contribution in [3.8, 4) is 0 Å². The Hall–Kier alpha value is -0.830. The van der Waals surface area contributed by atoms with Crippen molar-refractivity contribution < 1.29 is 4.79 Å². The molecule has 1 aromatic rings. The Bertz CT molecular complexity index is 429. The van der Waals surface area contributed by atoms with E-state index in [0.717, 1.165) is 28.6 Å². The Labute approximate surface area is 125 Å². The van der Waals surface area contributed by atoms with Gasteiger partial charge in [0, 0.05) is 22.6 Å². The number of carbonyl (C=O) groups excluding carboxylic acids is 1. The number of hydrogen-bond donors (Lipinski definition) is 0. The Balaban J connectivity index is 2.90. The van der Waals surface area contributed by atoms with E-state index in [1.807, 2.05) is 30.0 Å². The molecule has 106 valence electrons. The maximum Gasteiger partial charge on any atom is 0.254 e. The lowest BCUT2D eigenvalue weighted by molar-refractivity contribution is 0.0701. The van der Waals surface area contributed by atoms with E-state index in [9.17, 15) is 4.79 Å². The molecule has 0 bridgehead atoms. The first-order valence-electron chi connectivity index (χ1n) is 7.05. The molecule has 2 nitrogen and oxygen atoms in total. The summed E-state index contributed by atoms with van der Waals surface area (Å²) in [5.74, 6) is 0.143. The Morgan fingerprint density at radius 1 is 1.32 bits per heavy atom. The van der Waals surface area contributed by atoms with Crippen LogP contribution in [0.4, 0.5) is 0 Å². The van der Waals surface area contributed by atoms with Gasteiger partial charge in [-0.3, -0.25) is 4.79 Å². The van der Waals surface area contributed by atoms with E-state index in [1.54, 1.807) is 0 Å². The molecule has 0 aliphatic rings. The molecule has 1 aromatic carbocycles. The molecule has 0 radical (unpaired) electrons. The molecular weight excluding hydrogens is 302 g/mol. The van der Waals surface area contributed by atoms with Gasteiger partial charge < -0.3 is 4.90 Å². The van der Waals surface area contributed by atoms with Crippen LogP contribution in [-0.4, -0.2) is 23.4 Å². The fourth-order valence-corrected chi connectivity index (χ4v) is 2.49. The van der Waals surface area contributed by atoms with Gasteiger partial charge in [-0.2, -0.15) is 0 Å². The molecule has 0 heterocycles. The second kappa shape index (κ2) is 7.68. The van der Waals surface area contributed by atoms with Crippen molar-refractivity contribution in [1.29, 1.82) is 0 Å². The maximum atomic E-state index is 12.7. The minimum absolute atomic E-state index is 0.143. The van der Waals surface area contributed by atoms with Gasteiger partial charge in [0.25, 0.3) is 5.91 Å². The number of carbonyl (C=O) groups is 1. The molecule has 0 spiro atoms. The van der Waals surface area contributed by atoms with Crippen molar-refractivity contribution in [3.05, 3.63) is 33.8 Å². The first-order valence-corrected chi connectivity index (χ1v) is 7.84. The topological polar surface area (TPSA) is 20.3 Å². The van der Waals surface area contributed by atoms with Gasteiger partial charge in [0.2, 0.25) is 0 Å². The summed E-state index contributed by atoms with van der Waals surface area (Å²) in [5, 5.41) is 0. The number of halogens is 1. The lowest BCUT2D eigenvalue weighted by Gasteiger charge is -2.27. The number of hydrogen-bond acceptors (Lipinski definition) is 1. The van der Waals surface area contributed by atoms with Gasteiger partial charge in [0.1, 0.15) is 0 Å². The third-order valence-corrected chi connectivity index (χ3v) is 4.24. The van der Waals surface area contributed by atoms with Gasteiger partial charge in [0.15, 0.2) is 0 Å². The average molecular weight is 326 g/mol. The summed E-state index contributed by atoms with van der Waals surface area (Å²) in [6, 6.07) is 6.05. The standard InChI is InChI=1S/C16H24BrNO/c1-5-6-7-11-18(12(2)3)16(19)14-9-8-10-15(17)13(14)4/h8-10,12H,5-7,11H2,1-4H3. The molecule has 0 saturated carbocycles. The van der Waals surface area contributed by atoms with E-state index in [2.05, 4.69) is 36.7 Å². The van der Waals surface area contributed by atoms with Gasteiger partial charge in [-0.25, -0.2) is 0 Å². The summed E-state index contributed by atoms with van der Waals surface area (Å²) >= 11 is 3.49. The number of rotatable bonds is 6. The van der Waals surface area contributed by atoms with Crippen LogP contribution in [0.15, 0.2) is 22.7 Å². The van der Waals surface area contributed by atoms with Crippen molar-refractivity contribution in [2.24, 2.45) is 0 Å². The molecular formula is C16H24BrNO. The zero-order valence-electron chi connectivity index (χ0n) is 12.4. The van der Waals surface area contributed by atoms with Crippen molar-refractivity contribution in [2.45, 2.75) is 53.0 Å². The molecule has 1 rings (SSSR count). The van der Waals surface area contributed by atoms with Crippen LogP contribution in [0.3, 0.4) is 0 Å². The van der Waals surface area contributed by atoms with E-state index in [-0.39, 0.29) is 11.9 Å².